The maximum Gasteiger partial charge on any atom is 0.233 e. The first-order valence-electron chi connectivity index (χ1n) is 5.39. The second-order valence-corrected chi connectivity index (χ2v) is 3.85. The smallest absolute Gasteiger partial charge is 0.233 e. The van der Waals surface area contributed by atoms with Gasteiger partial charge in [-0.1, -0.05) is 12.1 Å². The zero-order valence-corrected chi connectivity index (χ0v) is 10.4. The Labute approximate surface area is 100 Å². The highest BCUT2D eigenvalue weighted by Crippen LogP contribution is 2.21. The molecule has 0 aliphatic heterocycles. The van der Waals surface area contributed by atoms with E-state index >= 15 is 0 Å². The first-order chi connectivity index (χ1) is 7.92. The molecule has 0 saturated heterocycles. The predicted octanol–water partition coefficient (Wildman–Crippen LogP) is -0.599. The number of carbonyl (C=O) groups excluding carboxylic acids is 2. The molecule has 0 aromatic carbocycles. The summed E-state index contributed by atoms with van der Waals surface area (Å²) in [5.74, 6) is -0.663. The molecule has 1 unspecified atom stereocenters. The van der Waals surface area contributed by atoms with E-state index in [-0.39, 0.29) is 30.6 Å². The number of carbonyl (C=O) groups is 2. The molecule has 0 heterocycles. The van der Waals surface area contributed by atoms with Crippen LogP contribution in [0.15, 0.2) is 5.16 Å². The van der Waals surface area contributed by atoms with Crippen molar-refractivity contribution in [1.29, 1.82) is 0 Å². The lowest BCUT2D eigenvalue weighted by atomic mass is 9.85. The van der Waals surface area contributed by atoms with Crippen LogP contribution in [-0.2, 0) is 9.59 Å². The van der Waals surface area contributed by atoms with Crippen molar-refractivity contribution in [2.75, 3.05) is 13.6 Å². The van der Waals surface area contributed by atoms with Gasteiger partial charge in [0.15, 0.2) is 5.84 Å². The van der Waals surface area contributed by atoms with E-state index in [0.717, 1.165) is 0 Å². The molecule has 0 aromatic heterocycles. The minimum atomic E-state index is -1.06. The molecule has 5 N–H and O–H groups in total. The fraction of sp³-hybridized carbons (Fsp3) is 0.700. The van der Waals surface area contributed by atoms with Crippen LogP contribution in [0.1, 0.15) is 26.7 Å². The Morgan fingerprint density at radius 3 is 2.47 bits per heavy atom. The van der Waals surface area contributed by atoms with Gasteiger partial charge in [0.1, 0.15) is 5.41 Å². The molecule has 0 aromatic rings. The summed E-state index contributed by atoms with van der Waals surface area (Å²) in [6, 6.07) is 0. The highest BCUT2D eigenvalue weighted by molar-refractivity contribution is 6.06. The zero-order chi connectivity index (χ0) is 13.5. The van der Waals surface area contributed by atoms with Crippen LogP contribution in [0.2, 0.25) is 0 Å². The Morgan fingerprint density at radius 1 is 1.47 bits per heavy atom. The first kappa shape index (κ1) is 15.2. The van der Waals surface area contributed by atoms with Crippen molar-refractivity contribution in [2.24, 2.45) is 16.3 Å². The Kier molecular flexibility index (Phi) is 6.01. The average molecular weight is 244 g/mol. The number of nitrogens with two attached hydrogens (primary N) is 1. The van der Waals surface area contributed by atoms with Crippen LogP contribution in [0.5, 0.6) is 0 Å². The molecule has 1 atom stereocenters. The number of amides is 2. The third-order valence-electron chi connectivity index (χ3n) is 2.80. The quantitative estimate of drug-likeness (QED) is 0.216. The first-order valence-corrected chi connectivity index (χ1v) is 5.39. The van der Waals surface area contributed by atoms with Gasteiger partial charge >= 0.3 is 0 Å². The van der Waals surface area contributed by atoms with Crippen molar-refractivity contribution in [2.45, 2.75) is 26.7 Å². The predicted molar refractivity (Wildman–Crippen MR) is 63.5 cm³/mol. The molecule has 98 valence electrons. The summed E-state index contributed by atoms with van der Waals surface area (Å²) >= 11 is 0. The molecule has 0 aliphatic carbocycles. The number of amidine groups is 1. The molecule has 17 heavy (non-hydrogen) atoms. The summed E-state index contributed by atoms with van der Waals surface area (Å²) in [6.07, 6.45) is 0.590. The molecular weight excluding hydrogens is 224 g/mol. The largest absolute Gasteiger partial charge is 0.409 e. The summed E-state index contributed by atoms with van der Waals surface area (Å²) in [4.78, 5) is 22.8. The summed E-state index contributed by atoms with van der Waals surface area (Å²) < 4.78 is 0. The zero-order valence-electron chi connectivity index (χ0n) is 10.4. The summed E-state index contributed by atoms with van der Waals surface area (Å²) in [6.45, 7) is 3.56. The summed E-state index contributed by atoms with van der Waals surface area (Å²) in [5.41, 5.74) is 4.42. The topological polar surface area (TPSA) is 117 Å². The van der Waals surface area contributed by atoms with Crippen LogP contribution in [0, 0.1) is 5.41 Å². The van der Waals surface area contributed by atoms with E-state index in [0.29, 0.717) is 6.42 Å². The van der Waals surface area contributed by atoms with Gasteiger partial charge in [0.25, 0.3) is 0 Å². The highest BCUT2D eigenvalue weighted by Gasteiger charge is 2.36. The lowest BCUT2D eigenvalue weighted by Gasteiger charge is -2.25. The lowest BCUT2D eigenvalue weighted by Crippen LogP contribution is -2.48. The molecule has 0 saturated carbocycles. The van der Waals surface area contributed by atoms with Gasteiger partial charge in [0.2, 0.25) is 11.8 Å². The van der Waals surface area contributed by atoms with Crippen LogP contribution < -0.4 is 16.4 Å². The average Bonchev–Trinajstić information content (AvgIpc) is 2.35. The van der Waals surface area contributed by atoms with Crippen molar-refractivity contribution >= 4 is 17.6 Å². The van der Waals surface area contributed by atoms with Crippen molar-refractivity contribution in [3.05, 3.63) is 0 Å². The Hall–Kier alpha value is -1.79. The maximum atomic E-state index is 11.9. The number of hydrogen-bond acceptors (Lipinski definition) is 4. The van der Waals surface area contributed by atoms with Gasteiger partial charge in [-0.15, -0.1) is 0 Å². The van der Waals surface area contributed by atoms with Crippen LogP contribution in [0.25, 0.3) is 0 Å². The number of oxime groups is 1. The molecule has 2 amide bonds. The molecule has 0 bridgehead atoms. The van der Waals surface area contributed by atoms with Crippen LogP contribution >= 0.6 is 0 Å². The van der Waals surface area contributed by atoms with Crippen molar-refractivity contribution in [3.8, 4) is 0 Å². The van der Waals surface area contributed by atoms with E-state index in [9.17, 15) is 9.59 Å². The standard InChI is InChI=1S/C10H20N4O3/c1-4-10(2,8(11)14-17)9(16)13-6-5-7(15)12-3/h17H,4-6H2,1-3H3,(H2,11,14)(H,12,15)(H,13,16). The normalized spacial score (nSPS) is 14.9. The molecule has 0 rings (SSSR count). The van der Waals surface area contributed by atoms with Gasteiger partial charge in [0.05, 0.1) is 0 Å². The van der Waals surface area contributed by atoms with E-state index in [4.69, 9.17) is 10.9 Å². The molecule has 0 aliphatic rings. The van der Waals surface area contributed by atoms with Gasteiger partial charge in [-0.3, -0.25) is 9.59 Å². The fourth-order valence-electron chi connectivity index (χ4n) is 1.18. The Bertz CT molecular complexity index is 317. The molecular formula is C10H20N4O3. The number of rotatable bonds is 6. The Morgan fingerprint density at radius 2 is 2.06 bits per heavy atom. The van der Waals surface area contributed by atoms with Gasteiger partial charge in [-0.05, 0) is 13.3 Å². The van der Waals surface area contributed by atoms with Crippen molar-refractivity contribution in [1.82, 2.24) is 10.6 Å². The van der Waals surface area contributed by atoms with Crippen LogP contribution in [0.4, 0.5) is 0 Å². The van der Waals surface area contributed by atoms with E-state index in [1.165, 1.54) is 7.05 Å². The second-order valence-electron chi connectivity index (χ2n) is 3.85. The number of nitrogens with zero attached hydrogens (tertiary/aromatic N) is 1. The molecule has 0 spiro atoms. The second kappa shape index (κ2) is 6.72. The monoisotopic (exact) mass is 244 g/mol. The number of nitrogens with one attached hydrogen (secondary N) is 2. The third-order valence-corrected chi connectivity index (χ3v) is 2.80. The molecule has 7 heteroatoms. The van der Waals surface area contributed by atoms with E-state index in [1.807, 2.05) is 0 Å². The molecule has 0 radical (unpaired) electrons. The fourth-order valence-corrected chi connectivity index (χ4v) is 1.18. The van der Waals surface area contributed by atoms with E-state index < -0.39 is 5.41 Å². The van der Waals surface area contributed by atoms with Gasteiger partial charge in [0, 0.05) is 20.0 Å². The van der Waals surface area contributed by atoms with Crippen LogP contribution in [0.3, 0.4) is 0 Å². The lowest BCUT2D eigenvalue weighted by molar-refractivity contribution is -0.127. The van der Waals surface area contributed by atoms with Gasteiger partial charge in [-0.2, -0.15) is 0 Å². The van der Waals surface area contributed by atoms with E-state index in [1.54, 1.807) is 13.8 Å². The molecule has 0 fully saturated rings. The summed E-state index contributed by atoms with van der Waals surface area (Å²) in [5, 5.41) is 16.5. The Balaban J connectivity index is 4.42. The number of hydrogen-bond donors (Lipinski definition) is 4. The van der Waals surface area contributed by atoms with E-state index in [2.05, 4.69) is 15.8 Å². The minimum Gasteiger partial charge on any atom is -0.409 e. The third kappa shape index (κ3) is 3.93. The summed E-state index contributed by atoms with van der Waals surface area (Å²) in [7, 11) is 1.52. The van der Waals surface area contributed by atoms with Crippen LogP contribution in [-0.4, -0.2) is 36.4 Å². The van der Waals surface area contributed by atoms with Gasteiger partial charge in [-0.25, -0.2) is 0 Å². The SMILES string of the molecule is CCC(C)(C(=O)NCCC(=O)NC)C(N)=NO. The molecule has 7 nitrogen and oxygen atoms in total. The van der Waals surface area contributed by atoms with Crippen molar-refractivity contribution in [3.63, 3.8) is 0 Å². The highest BCUT2D eigenvalue weighted by atomic mass is 16.4. The van der Waals surface area contributed by atoms with Gasteiger partial charge < -0.3 is 21.6 Å². The maximum absolute atomic E-state index is 11.9. The van der Waals surface area contributed by atoms with Crippen molar-refractivity contribution < 1.29 is 14.8 Å². The minimum absolute atomic E-state index is 0.141.